The lowest BCUT2D eigenvalue weighted by Crippen LogP contribution is -2.16. The third kappa shape index (κ3) is 4.78. The van der Waals surface area contributed by atoms with Crippen LogP contribution in [0.2, 0.25) is 0 Å². The molecule has 0 radical (unpaired) electrons. The highest BCUT2D eigenvalue weighted by Gasteiger charge is 2.01. The van der Waals surface area contributed by atoms with E-state index in [-0.39, 0.29) is 5.82 Å². The normalized spacial score (nSPS) is 10.9. The van der Waals surface area contributed by atoms with Crippen molar-refractivity contribution in [2.45, 2.75) is 32.7 Å². The lowest BCUT2D eigenvalue weighted by atomic mass is 10.2. The minimum Gasteiger partial charge on any atom is -0.317 e. The van der Waals surface area contributed by atoms with Gasteiger partial charge in [0.05, 0.1) is 12.7 Å². The Labute approximate surface area is 119 Å². The fourth-order valence-corrected chi connectivity index (χ4v) is 2.16. The first-order chi connectivity index (χ1) is 9.78. The number of benzene rings is 1. The average molecular weight is 275 g/mol. The maximum absolute atomic E-state index is 13.1. The third-order valence-electron chi connectivity index (χ3n) is 3.17. The summed E-state index contributed by atoms with van der Waals surface area (Å²) >= 11 is 0. The van der Waals surface area contributed by atoms with Gasteiger partial charge in [0.2, 0.25) is 0 Å². The zero-order chi connectivity index (χ0) is 14.2. The van der Waals surface area contributed by atoms with Gasteiger partial charge in [0, 0.05) is 6.20 Å². The van der Waals surface area contributed by atoms with Crippen LogP contribution in [0.15, 0.2) is 36.7 Å². The molecule has 0 fully saturated rings. The molecule has 0 aliphatic heterocycles. The molecule has 1 N–H and O–H groups in total. The maximum Gasteiger partial charge on any atom is 0.123 e. The lowest BCUT2D eigenvalue weighted by molar-refractivity contribution is 0.619. The molecular formula is C16H22FN3. The van der Waals surface area contributed by atoms with E-state index in [0.717, 1.165) is 31.5 Å². The highest BCUT2D eigenvalue weighted by Crippen LogP contribution is 2.07. The second kappa shape index (κ2) is 7.80. The van der Waals surface area contributed by atoms with Gasteiger partial charge in [0.1, 0.15) is 5.82 Å². The molecule has 0 atom stereocenters. The van der Waals surface area contributed by atoms with Gasteiger partial charge in [-0.2, -0.15) is 5.10 Å². The number of nitrogens with one attached hydrogen (secondary N) is 1. The van der Waals surface area contributed by atoms with Gasteiger partial charge < -0.3 is 5.32 Å². The van der Waals surface area contributed by atoms with Crippen LogP contribution in [0, 0.1) is 5.82 Å². The maximum atomic E-state index is 13.1. The smallest absolute Gasteiger partial charge is 0.123 e. The molecule has 0 aliphatic rings. The molecule has 0 bridgehead atoms. The van der Waals surface area contributed by atoms with E-state index in [4.69, 9.17) is 0 Å². The summed E-state index contributed by atoms with van der Waals surface area (Å²) in [6, 6.07) is 6.66. The molecule has 3 nitrogen and oxygen atoms in total. The minimum absolute atomic E-state index is 0.197. The van der Waals surface area contributed by atoms with E-state index < -0.39 is 0 Å². The van der Waals surface area contributed by atoms with Gasteiger partial charge in [0.15, 0.2) is 0 Å². The first-order valence-corrected chi connectivity index (χ1v) is 7.24. The topological polar surface area (TPSA) is 29.9 Å². The molecule has 2 aromatic rings. The van der Waals surface area contributed by atoms with Crippen molar-refractivity contribution in [1.29, 1.82) is 0 Å². The van der Waals surface area contributed by atoms with E-state index in [0.29, 0.717) is 6.54 Å². The summed E-state index contributed by atoms with van der Waals surface area (Å²) in [5.74, 6) is -0.197. The van der Waals surface area contributed by atoms with E-state index in [1.165, 1.54) is 18.1 Å². The highest BCUT2D eigenvalue weighted by atomic mass is 19.1. The number of halogens is 1. The zero-order valence-corrected chi connectivity index (χ0v) is 12.0. The fourth-order valence-electron chi connectivity index (χ4n) is 2.16. The number of rotatable bonds is 8. The molecular weight excluding hydrogens is 253 g/mol. The lowest BCUT2D eigenvalue weighted by Gasteiger charge is -2.02. The zero-order valence-electron chi connectivity index (χ0n) is 12.0. The largest absolute Gasteiger partial charge is 0.317 e. The number of hydrogen-bond acceptors (Lipinski definition) is 2. The number of aromatic nitrogens is 2. The van der Waals surface area contributed by atoms with Gasteiger partial charge in [-0.1, -0.05) is 19.1 Å². The molecule has 4 heteroatoms. The van der Waals surface area contributed by atoms with Crippen molar-refractivity contribution < 1.29 is 4.39 Å². The van der Waals surface area contributed by atoms with Gasteiger partial charge in [0.25, 0.3) is 0 Å². The Morgan fingerprint density at radius 3 is 2.95 bits per heavy atom. The van der Waals surface area contributed by atoms with Crippen LogP contribution in [0.4, 0.5) is 4.39 Å². The minimum atomic E-state index is -0.197. The van der Waals surface area contributed by atoms with Crippen molar-refractivity contribution >= 4 is 0 Å². The molecule has 0 saturated carbocycles. The van der Waals surface area contributed by atoms with Crippen LogP contribution >= 0.6 is 0 Å². The van der Waals surface area contributed by atoms with Crippen molar-refractivity contribution in [2.75, 3.05) is 13.1 Å². The van der Waals surface area contributed by atoms with E-state index >= 15 is 0 Å². The van der Waals surface area contributed by atoms with Crippen molar-refractivity contribution in [1.82, 2.24) is 15.1 Å². The Bertz CT molecular complexity index is 522. The van der Waals surface area contributed by atoms with Crippen LogP contribution in [0.3, 0.4) is 0 Å². The molecule has 1 heterocycles. The van der Waals surface area contributed by atoms with Crippen LogP contribution in [0.5, 0.6) is 0 Å². The summed E-state index contributed by atoms with van der Waals surface area (Å²) in [6.45, 7) is 4.91. The first-order valence-electron chi connectivity index (χ1n) is 7.24. The van der Waals surface area contributed by atoms with Gasteiger partial charge in [-0.25, -0.2) is 4.39 Å². The van der Waals surface area contributed by atoms with E-state index in [2.05, 4.69) is 17.3 Å². The van der Waals surface area contributed by atoms with Crippen LogP contribution in [0.25, 0.3) is 0 Å². The SMILES string of the molecule is CCCNCCCc1cnn(Cc2cccc(F)c2)c1. The van der Waals surface area contributed by atoms with E-state index in [1.54, 1.807) is 12.1 Å². The molecule has 20 heavy (non-hydrogen) atoms. The molecule has 0 unspecified atom stereocenters. The predicted octanol–water partition coefficient (Wildman–Crippen LogP) is 3.00. The monoisotopic (exact) mass is 275 g/mol. The van der Waals surface area contributed by atoms with Crippen molar-refractivity contribution in [2.24, 2.45) is 0 Å². The van der Waals surface area contributed by atoms with Crippen molar-refractivity contribution in [3.63, 3.8) is 0 Å². The second-order valence-electron chi connectivity index (χ2n) is 5.03. The standard InChI is InChI=1S/C16H22FN3/c1-2-8-18-9-4-6-15-11-19-20(13-15)12-14-5-3-7-16(17)10-14/h3,5,7,10-11,13,18H,2,4,6,8-9,12H2,1H3. The summed E-state index contributed by atoms with van der Waals surface area (Å²) < 4.78 is 15.0. The predicted molar refractivity (Wildman–Crippen MR) is 79.2 cm³/mol. The van der Waals surface area contributed by atoms with Crippen molar-refractivity contribution in [3.05, 3.63) is 53.6 Å². The van der Waals surface area contributed by atoms with Gasteiger partial charge in [-0.05, 0) is 55.6 Å². The summed E-state index contributed by atoms with van der Waals surface area (Å²) in [5.41, 5.74) is 2.17. The quantitative estimate of drug-likeness (QED) is 0.751. The fraction of sp³-hybridized carbons (Fsp3) is 0.438. The second-order valence-corrected chi connectivity index (χ2v) is 5.03. The Kier molecular flexibility index (Phi) is 5.74. The molecule has 0 spiro atoms. The van der Waals surface area contributed by atoms with E-state index in [9.17, 15) is 4.39 Å². The van der Waals surface area contributed by atoms with E-state index in [1.807, 2.05) is 23.1 Å². The summed E-state index contributed by atoms with van der Waals surface area (Å²) in [5, 5.41) is 7.72. The molecule has 1 aromatic carbocycles. The molecule has 0 aliphatic carbocycles. The number of aryl methyl sites for hydroxylation is 1. The Morgan fingerprint density at radius 2 is 2.15 bits per heavy atom. The molecule has 108 valence electrons. The molecule has 0 amide bonds. The third-order valence-corrected chi connectivity index (χ3v) is 3.17. The van der Waals surface area contributed by atoms with Crippen molar-refractivity contribution in [3.8, 4) is 0 Å². The first kappa shape index (κ1) is 14.7. The van der Waals surface area contributed by atoms with Crippen LogP contribution in [-0.4, -0.2) is 22.9 Å². The number of hydrogen-bond donors (Lipinski definition) is 1. The Balaban J connectivity index is 1.80. The summed E-state index contributed by atoms with van der Waals surface area (Å²) in [4.78, 5) is 0. The Hall–Kier alpha value is -1.68. The molecule has 2 rings (SSSR count). The van der Waals surface area contributed by atoms with Gasteiger partial charge in [-0.3, -0.25) is 4.68 Å². The molecule has 0 saturated heterocycles. The van der Waals surface area contributed by atoms with Gasteiger partial charge >= 0.3 is 0 Å². The van der Waals surface area contributed by atoms with Crippen LogP contribution in [-0.2, 0) is 13.0 Å². The van der Waals surface area contributed by atoms with Gasteiger partial charge in [-0.15, -0.1) is 0 Å². The Morgan fingerprint density at radius 1 is 1.25 bits per heavy atom. The highest BCUT2D eigenvalue weighted by molar-refractivity contribution is 5.17. The van der Waals surface area contributed by atoms with Crippen LogP contribution in [0.1, 0.15) is 30.9 Å². The molecule has 1 aromatic heterocycles. The van der Waals surface area contributed by atoms with Crippen LogP contribution < -0.4 is 5.32 Å². The number of nitrogens with zero attached hydrogens (tertiary/aromatic N) is 2. The summed E-state index contributed by atoms with van der Waals surface area (Å²) in [7, 11) is 0. The summed E-state index contributed by atoms with van der Waals surface area (Å²) in [6.07, 6.45) is 7.26. The average Bonchev–Trinajstić information content (AvgIpc) is 2.86.